The van der Waals surface area contributed by atoms with Crippen LogP contribution in [0, 0.1) is 16.0 Å². The van der Waals surface area contributed by atoms with Gasteiger partial charge in [0, 0.05) is 12.6 Å². The fourth-order valence-electron chi connectivity index (χ4n) is 2.35. The Morgan fingerprint density at radius 1 is 1.50 bits per heavy atom. The standard InChI is InChI=1S/C14H22N4O2/c1-10(2)8-9-17(11-6-7-11)13-5-3-4-12(16-15)14(13)18(19)20/h3-5,10-11,16H,6-9,15H2,1-2H3. The zero-order chi connectivity index (χ0) is 14.7. The first-order valence-corrected chi connectivity index (χ1v) is 7.05. The molecule has 1 fully saturated rings. The molecular formula is C14H22N4O2. The summed E-state index contributed by atoms with van der Waals surface area (Å²) < 4.78 is 0. The van der Waals surface area contributed by atoms with Crippen molar-refractivity contribution < 1.29 is 4.92 Å². The number of nitro benzene ring substituents is 1. The lowest BCUT2D eigenvalue weighted by Gasteiger charge is -2.25. The van der Waals surface area contributed by atoms with E-state index in [1.54, 1.807) is 6.07 Å². The van der Waals surface area contributed by atoms with Crippen LogP contribution in [0.2, 0.25) is 0 Å². The average Bonchev–Trinajstić information content (AvgIpc) is 3.22. The van der Waals surface area contributed by atoms with Crippen LogP contribution in [-0.2, 0) is 0 Å². The Kier molecular flexibility index (Phi) is 4.44. The number of benzene rings is 1. The molecule has 6 heteroatoms. The minimum absolute atomic E-state index is 0.0747. The number of nitro groups is 1. The summed E-state index contributed by atoms with van der Waals surface area (Å²) in [5.74, 6) is 5.97. The second-order valence-electron chi connectivity index (χ2n) is 5.68. The minimum atomic E-state index is -0.352. The van der Waals surface area contributed by atoms with Crippen molar-refractivity contribution in [3.05, 3.63) is 28.3 Å². The van der Waals surface area contributed by atoms with E-state index in [4.69, 9.17) is 5.84 Å². The van der Waals surface area contributed by atoms with Crippen LogP contribution < -0.4 is 16.2 Å². The van der Waals surface area contributed by atoms with Gasteiger partial charge in [-0.2, -0.15) is 0 Å². The van der Waals surface area contributed by atoms with Gasteiger partial charge in [-0.15, -0.1) is 0 Å². The van der Waals surface area contributed by atoms with Crippen molar-refractivity contribution in [1.82, 2.24) is 0 Å². The van der Waals surface area contributed by atoms with Gasteiger partial charge in [0.1, 0.15) is 11.4 Å². The first-order valence-electron chi connectivity index (χ1n) is 7.05. The molecule has 6 nitrogen and oxygen atoms in total. The molecule has 0 unspecified atom stereocenters. The lowest BCUT2D eigenvalue weighted by molar-refractivity contribution is -0.383. The Hall–Kier alpha value is -1.82. The summed E-state index contributed by atoms with van der Waals surface area (Å²) >= 11 is 0. The third kappa shape index (κ3) is 3.19. The smallest absolute Gasteiger partial charge is 0.316 e. The fraction of sp³-hybridized carbons (Fsp3) is 0.571. The maximum atomic E-state index is 11.4. The molecular weight excluding hydrogens is 256 g/mol. The van der Waals surface area contributed by atoms with E-state index >= 15 is 0 Å². The predicted molar refractivity (Wildman–Crippen MR) is 80.7 cm³/mol. The fourth-order valence-corrected chi connectivity index (χ4v) is 2.35. The Morgan fingerprint density at radius 3 is 2.70 bits per heavy atom. The van der Waals surface area contributed by atoms with Crippen LogP contribution in [0.3, 0.4) is 0 Å². The van der Waals surface area contributed by atoms with Crippen LogP contribution in [0.5, 0.6) is 0 Å². The van der Waals surface area contributed by atoms with E-state index in [9.17, 15) is 10.1 Å². The molecule has 0 heterocycles. The summed E-state index contributed by atoms with van der Waals surface area (Å²) in [6.07, 6.45) is 3.24. The quantitative estimate of drug-likeness (QED) is 0.455. The van der Waals surface area contributed by atoms with Crippen molar-refractivity contribution in [2.45, 2.75) is 39.2 Å². The van der Waals surface area contributed by atoms with Gasteiger partial charge in [0.15, 0.2) is 0 Å². The van der Waals surface area contributed by atoms with Crippen LogP contribution in [0.1, 0.15) is 33.1 Å². The highest BCUT2D eigenvalue weighted by Crippen LogP contribution is 2.40. The van der Waals surface area contributed by atoms with Crippen molar-refractivity contribution in [1.29, 1.82) is 0 Å². The van der Waals surface area contributed by atoms with Gasteiger partial charge in [0.25, 0.3) is 0 Å². The molecule has 0 atom stereocenters. The second-order valence-corrected chi connectivity index (χ2v) is 5.68. The van der Waals surface area contributed by atoms with Gasteiger partial charge in [-0.1, -0.05) is 19.9 Å². The molecule has 110 valence electrons. The summed E-state index contributed by atoms with van der Waals surface area (Å²) in [4.78, 5) is 13.2. The molecule has 0 spiro atoms. The molecule has 0 amide bonds. The number of nitrogen functional groups attached to an aromatic ring is 1. The summed E-state index contributed by atoms with van der Waals surface area (Å²) in [6, 6.07) is 5.69. The monoisotopic (exact) mass is 278 g/mol. The van der Waals surface area contributed by atoms with Crippen LogP contribution in [-0.4, -0.2) is 17.5 Å². The number of hydrogen-bond acceptors (Lipinski definition) is 5. The molecule has 1 aromatic rings. The highest BCUT2D eigenvalue weighted by molar-refractivity contribution is 5.77. The Labute approximate surface area is 119 Å². The highest BCUT2D eigenvalue weighted by Gasteiger charge is 2.33. The number of nitrogens with zero attached hydrogens (tertiary/aromatic N) is 2. The summed E-state index contributed by atoms with van der Waals surface area (Å²) in [5, 5.41) is 11.4. The zero-order valence-electron chi connectivity index (χ0n) is 12.0. The molecule has 2 rings (SSSR count). The lowest BCUT2D eigenvalue weighted by Crippen LogP contribution is -2.28. The second kappa shape index (κ2) is 6.09. The lowest BCUT2D eigenvalue weighted by atomic mass is 10.1. The maximum absolute atomic E-state index is 11.4. The van der Waals surface area contributed by atoms with E-state index < -0.39 is 0 Å². The number of hydrogen-bond donors (Lipinski definition) is 2. The normalized spacial score (nSPS) is 14.4. The minimum Gasteiger partial charge on any atom is -0.363 e. The number of hydrazine groups is 1. The van der Waals surface area contributed by atoms with Gasteiger partial charge in [0.05, 0.1) is 4.92 Å². The number of nitrogens with one attached hydrogen (secondary N) is 1. The number of anilines is 2. The molecule has 1 saturated carbocycles. The van der Waals surface area contributed by atoms with E-state index in [0.717, 1.165) is 25.8 Å². The van der Waals surface area contributed by atoms with E-state index in [2.05, 4.69) is 24.2 Å². The topological polar surface area (TPSA) is 84.4 Å². The molecule has 0 radical (unpaired) electrons. The number of para-hydroxylation sites is 1. The van der Waals surface area contributed by atoms with Gasteiger partial charge < -0.3 is 10.3 Å². The molecule has 3 N–H and O–H groups in total. The Balaban J connectivity index is 2.34. The van der Waals surface area contributed by atoms with Crippen molar-refractivity contribution in [2.75, 3.05) is 16.9 Å². The summed E-state index contributed by atoms with van der Waals surface area (Å²) in [5.41, 5.74) is 3.54. The van der Waals surface area contributed by atoms with Crippen LogP contribution in [0.15, 0.2) is 18.2 Å². The molecule has 0 aromatic heterocycles. The first-order chi connectivity index (χ1) is 9.54. The third-order valence-electron chi connectivity index (χ3n) is 3.60. The Bertz CT molecular complexity index is 486. The van der Waals surface area contributed by atoms with Crippen molar-refractivity contribution >= 4 is 17.1 Å². The van der Waals surface area contributed by atoms with Crippen molar-refractivity contribution in [3.63, 3.8) is 0 Å². The predicted octanol–water partition coefficient (Wildman–Crippen LogP) is 2.90. The van der Waals surface area contributed by atoms with Crippen LogP contribution in [0.25, 0.3) is 0 Å². The third-order valence-corrected chi connectivity index (χ3v) is 3.60. The van der Waals surface area contributed by atoms with E-state index in [1.807, 2.05) is 12.1 Å². The summed E-state index contributed by atoms with van der Waals surface area (Å²) in [7, 11) is 0. The highest BCUT2D eigenvalue weighted by atomic mass is 16.6. The van der Waals surface area contributed by atoms with Crippen LogP contribution >= 0.6 is 0 Å². The molecule has 1 aliphatic rings. The largest absolute Gasteiger partial charge is 0.363 e. The molecule has 0 saturated heterocycles. The van der Waals surface area contributed by atoms with Gasteiger partial charge in [-0.3, -0.25) is 16.0 Å². The van der Waals surface area contributed by atoms with E-state index in [-0.39, 0.29) is 10.6 Å². The van der Waals surface area contributed by atoms with Gasteiger partial charge in [0.2, 0.25) is 0 Å². The van der Waals surface area contributed by atoms with E-state index in [0.29, 0.717) is 23.3 Å². The summed E-state index contributed by atoms with van der Waals surface area (Å²) in [6.45, 7) is 5.17. The molecule has 0 aliphatic heterocycles. The Morgan fingerprint density at radius 2 is 2.20 bits per heavy atom. The van der Waals surface area contributed by atoms with Crippen LogP contribution in [0.4, 0.5) is 17.1 Å². The van der Waals surface area contributed by atoms with Gasteiger partial charge >= 0.3 is 5.69 Å². The first kappa shape index (κ1) is 14.6. The average molecular weight is 278 g/mol. The number of nitrogens with two attached hydrogens (primary N) is 1. The molecule has 1 aromatic carbocycles. The van der Waals surface area contributed by atoms with Crippen molar-refractivity contribution in [3.8, 4) is 0 Å². The molecule has 1 aliphatic carbocycles. The van der Waals surface area contributed by atoms with Gasteiger partial charge in [-0.05, 0) is 37.3 Å². The molecule has 20 heavy (non-hydrogen) atoms. The van der Waals surface area contributed by atoms with Crippen molar-refractivity contribution in [2.24, 2.45) is 11.8 Å². The van der Waals surface area contributed by atoms with E-state index in [1.165, 1.54) is 0 Å². The zero-order valence-corrected chi connectivity index (χ0v) is 12.0. The van der Waals surface area contributed by atoms with Gasteiger partial charge in [-0.25, -0.2) is 0 Å². The molecule has 0 bridgehead atoms. The number of rotatable bonds is 7. The SMILES string of the molecule is CC(C)CCN(c1cccc(NN)c1[N+](=O)[O-])C1CC1. The maximum Gasteiger partial charge on any atom is 0.316 e.